The van der Waals surface area contributed by atoms with E-state index in [1.807, 2.05) is 6.07 Å². The first-order valence-corrected chi connectivity index (χ1v) is 5.03. The van der Waals surface area contributed by atoms with E-state index in [0.29, 0.717) is 16.8 Å². The molecule has 0 amide bonds. The van der Waals surface area contributed by atoms with Crippen LogP contribution in [0, 0.1) is 11.3 Å². The zero-order valence-corrected chi connectivity index (χ0v) is 9.04. The van der Waals surface area contributed by atoms with Crippen molar-refractivity contribution in [1.82, 2.24) is 9.97 Å². The summed E-state index contributed by atoms with van der Waals surface area (Å²) >= 11 is 0. The Labute approximate surface area is 99.1 Å². The molecule has 82 valence electrons. The lowest BCUT2D eigenvalue weighted by atomic mass is 10.0. The summed E-state index contributed by atoms with van der Waals surface area (Å²) in [5.41, 5.74) is 8.22. The van der Waals surface area contributed by atoms with Crippen molar-refractivity contribution in [2.24, 2.45) is 5.73 Å². The first-order chi connectivity index (χ1) is 8.33. The Hall–Kier alpha value is -2.67. The zero-order valence-electron chi connectivity index (χ0n) is 9.04. The molecule has 0 saturated heterocycles. The van der Waals surface area contributed by atoms with Gasteiger partial charge < -0.3 is 5.73 Å². The van der Waals surface area contributed by atoms with Crippen molar-refractivity contribution in [2.75, 3.05) is 0 Å². The maximum Gasteiger partial charge on any atom is 0.102 e. The van der Waals surface area contributed by atoms with Crippen LogP contribution < -0.4 is 5.73 Å². The molecule has 0 radical (unpaired) electrons. The second-order valence-corrected chi connectivity index (χ2v) is 3.38. The summed E-state index contributed by atoms with van der Waals surface area (Å²) in [7, 11) is 0. The molecule has 0 aliphatic carbocycles. The fourth-order valence-corrected chi connectivity index (χ4v) is 1.46. The molecule has 2 aromatic rings. The first kappa shape index (κ1) is 10.8. The molecule has 2 heterocycles. The topological polar surface area (TPSA) is 75.6 Å². The Morgan fingerprint density at radius 2 is 1.65 bits per heavy atom. The summed E-state index contributed by atoms with van der Waals surface area (Å²) < 4.78 is 0. The van der Waals surface area contributed by atoms with Gasteiger partial charge in [-0.1, -0.05) is 6.07 Å². The van der Waals surface area contributed by atoms with Crippen LogP contribution in [0.3, 0.4) is 0 Å². The average Bonchev–Trinajstić information content (AvgIpc) is 2.42. The van der Waals surface area contributed by atoms with E-state index in [1.54, 1.807) is 43.0 Å². The largest absolute Gasteiger partial charge is 0.397 e. The molecule has 17 heavy (non-hydrogen) atoms. The van der Waals surface area contributed by atoms with Crippen molar-refractivity contribution in [3.63, 3.8) is 0 Å². The average molecular weight is 222 g/mol. The molecule has 0 aromatic carbocycles. The van der Waals surface area contributed by atoms with Crippen molar-refractivity contribution in [2.45, 2.75) is 0 Å². The van der Waals surface area contributed by atoms with Gasteiger partial charge in [0.15, 0.2) is 0 Å². The van der Waals surface area contributed by atoms with Crippen LogP contribution in [-0.4, -0.2) is 9.97 Å². The number of nitrogens with two attached hydrogens (primary N) is 1. The predicted octanol–water partition coefficient (Wildman–Crippen LogP) is 1.83. The summed E-state index contributed by atoms with van der Waals surface area (Å²) in [6.45, 7) is 0. The third-order valence-corrected chi connectivity index (χ3v) is 2.30. The maximum atomic E-state index is 9.18. The van der Waals surface area contributed by atoms with Gasteiger partial charge in [-0.25, -0.2) is 0 Å². The van der Waals surface area contributed by atoms with Crippen LogP contribution in [0.25, 0.3) is 11.3 Å². The molecule has 4 heteroatoms. The van der Waals surface area contributed by atoms with E-state index >= 15 is 0 Å². The molecule has 2 rings (SSSR count). The Bertz CT molecular complexity index is 567. The van der Waals surface area contributed by atoms with Crippen molar-refractivity contribution in [1.29, 1.82) is 5.26 Å². The van der Waals surface area contributed by atoms with E-state index in [9.17, 15) is 5.26 Å². The number of nitriles is 1. The summed E-state index contributed by atoms with van der Waals surface area (Å²) in [6.07, 6.45) is 6.55. The van der Waals surface area contributed by atoms with Crippen molar-refractivity contribution in [3.8, 4) is 6.07 Å². The van der Waals surface area contributed by atoms with Gasteiger partial charge in [0.1, 0.15) is 6.07 Å². The number of allylic oxidation sites excluding steroid dienone is 1. The zero-order chi connectivity index (χ0) is 12.1. The molecular weight excluding hydrogens is 212 g/mol. The summed E-state index contributed by atoms with van der Waals surface area (Å²) in [5, 5.41) is 9.18. The van der Waals surface area contributed by atoms with E-state index in [0.717, 1.165) is 5.56 Å². The van der Waals surface area contributed by atoms with Crippen molar-refractivity contribution in [3.05, 3.63) is 60.2 Å². The van der Waals surface area contributed by atoms with Gasteiger partial charge in [-0.3, -0.25) is 9.97 Å². The molecule has 0 unspecified atom stereocenters. The highest BCUT2D eigenvalue weighted by Crippen LogP contribution is 2.20. The fourth-order valence-electron chi connectivity index (χ4n) is 1.46. The molecule has 0 aliphatic rings. The molecule has 0 saturated carbocycles. The van der Waals surface area contributed by atoms with E-state index in [2.05, 4.69) is 16.0 Å². The van der Waals surface area contributed by atoms with Crippen LogP contribution in [-0.2, 0) is 0 Å². The third kappa shape index (κ3) is 2.29. The van der Waals surface area contributed by atoms with Crippen LogP contribution in [0.4, 0.5) is 0 Å². The first-order valence-electron chi connectivity index (χ1n) is 5.03. The van der Waals surface area contributed by atoms with Crippen molar-refractivity contribution >= 4 is 11.3 Å². The van der Waals surface area contributed by atoms with Gasteiger partial charge in [0, 0.05) is 35.9 Å². The number of rotatable bonds is 2. The predicted molar refractivity (Wildman–Crippen MR) is 65.1 cm³/mol. The molecule has 2 aromatic heterocycles. The third-order valence-electron chi connectivity index (χ3n) is 2.30. The standard InChI is InChI=1S/C13H10N4/c14-7-12(10-3-1-5-16-8-10)13(15)11-4-2-6-17-9-11/h1-6,8-9H,15H2/b13-12-. The second-order valence-electron chi connectivity index (χ2n) is 3.38. The van der Waals surface area contributed by atoms with Crippen LogP contribution in [0.1, 0.15) is 11.1 Å². The fraction of sp³-hybridized carbons (Fsp3) is 0. The lowest BCUT2D eigenvalue weighted by molar-refractivity contribution is 1.29. The molecule has 2 N–H and O–H groups in total. The lowest BCUT2D eigenvalue weighted by Crippen LogP contribution is -2.01. The molecule has 4 nitrogen and oxygen atoms in total. The number of hydrogen-bond donors (Lipinski definition) is 1. The maximum absolute atomic E-state index is 9.18. The van der Waals surface area contributed by atoms with Crippen LogP contribution in [0.15, 0.2) is 49.1 Å². The van der Waals surface area contributed by atoms with Gasteiger partial charge in [0.2, 0.25) is 0 Å². The molecule has 0 bridgehead atoms. The Morgan fingerprint density at radius 1 is 1.06 bits per heavy atom. The summed E-state index contributed by atoms with van der Waals surface area (Å²) in [5.74, 6) is 0. The van der Waals surface area contributed by atoms with Gasteiger partial charge >= 0.3 is 0 Å². The van der Waals surface area contributed by atoms with Crippen LogP contribution in [0.5, 0.6) is 0 Å². The minimum atomic E-state index is 0.408. The Kier molecular flexibility index (Phi) is 3.13. The number of pyridine rings is 2. The minimum absolute atomic E-state index is 0.408. The molecule has 0 spiro atoms. The monoisotopic (exact) mass is 222 g/mol. The van der Waals surface area contributed by atoms with Gasteiger partial charge in [-0.15, -0.1) is 0 Å². The van der Waals surface area contributed by atoms with E-state index in [-0.39, 0.29) is 0 Å². The highest BCUT2D eigenvalue weighted by molar-refractivity contribution is 5.95. The second kappa shape index (κ2) is 4.90. The van der Waals surface area contributed by atoms with Crippen molar-refractivity contribution < 1.29 is 0 Å². The summed E-state index contributed by atoms with van der Waals surface area (Å²) in [4.78, 5) is 7.95. The highest BCUT2D eigenvalue weighted by Gasteiger charge is 2.08. The summed E-state index contributed by atoms with van der Waals surface area (Å²) in [6, 6.07) is 9.26. The number of aromatic nitrogens is 2. The van der Waals surface area contributed by atoms with Crippen LogP contribution in [0.2, 0.25) is 0 Å². The Balaban J connectivity index is 2.53. The van der Waals surface area contributed by atoms with Gasteiger partial charge in [0.25, 0.3) is 0 Å². The number of hydrogen-bond acceptors (Lipinski definition) is 4. The molecular formula is C13H10N4. The quantitative estimate of drug-likeness (QED) is 0.786. The number of nitrogens with zero attached hydrogens (tertiary/aromatic N) is 3. The smallest absolute Gasteiger partial charge is 0.102 e. The minimum Gasteiger partial charge on any atom is -0.397 e. The van der Waals surface area contributed by atoms with Gasteiger partial charge in [-0.05, 0) is 18.2 Å². The SMILES string of the molecule is N#C/C(=C(/N)c1cccnc1)c1cccnc1. The van der Waals surface area contributed by atoms with Gasteiger partial charge in [0.05, 0.1) is 11.3 Å². The lowest BCUT2D eigenvalue weighted by Gasteiger charge is -2.05. The van der Waals surface area contributed by atoms with E-state index in [1.165, 1.54) is 0 Å². The molecule has 0 atom stereocenters. The van der Waals surface area contributed by atoms with E-state index in [4.69, 9.17) is 5.73 Å². The molecule has 0 aliphatic heterocycles. The normalized spacial score (nSPS) is 11.5. The highest BCUT2D eigenvalue weighted by atomic mass is 14.7. The van der Waals surface area contributed by atoms with Crippen LogP contribution >= 0.6 is 0 Å². The van der Waals surface area contributed by atoms with E-state index < -0.39 is 0 Å². The Morgan fingerprint density at radius 3 is 2.12 bits per heavy atom. The molecule has 0 fully saturated rings. The van der Waals surface area contributed by atoms with Gasteiger partial charge in [-0.2, -0.15) is 5.26 Å².